The lowest BCUT2D eigenvalue weighted by atomic mass is 10.1. The second kappa shape index (κ2) is 7.36. The van der Waals surface area contributed by atoms with Crippen LogP contribution in [0.3, 0.4) is 0 Å². The van der Waals surface area contributed by atoms with Crippen molar-refractivity contribution >= 4 is 29.1 Å². The molecule has 3 aromatic rings. The van der Waals surface area contributed by atoms with Crippen LogP contribution >= 0.6 is 0 Å². The standard InChI is InChI=1S/C19H18N6O3/c20-8-12-3-1-11(2-4-12)5-6-15-24-17-18(21)22-10-23-19(17)25(15)16-7-13(27)14(9-26)28-16/h1-6,10,13-14,16,26-27H,7,9H2,(H2,21,22,23)/b6-5+/t13-,14+,16+/m0/s1. The quantitative estimate of drug-likeness (QED) is 0.612. The zero-order chi connectivity index (χ0) is 19.7. The van der Waals surface area contributed by atoms with E-state index in [0.29, 0.717) is 22.6 Å². The van der Waals surface area contributed by atoms with E-state index in [9.17, 15) is 10.2 Å². The number of rotatable bonds is 4. The van der Waals surface area contributed by atoms with Crippen LogP contribution in [0.25, 0.3) is 23.3 Å². The third-order valence-corrected chi connectivity index (χ3v) is 4.67. The van der Waals surface area contributed by atoms with Crippen LogP contribution in [0.15, 0.2) is 30.6 Å². The van der Waals surface area contributed by atoms with Gasteiger partial charge in [0.25, 0.3) is 0 Å². The number of nitrogens with zero attached hydrogens (tertiary/aromatic N) is 5. The highest BCUT2D eigenvalue weighted by Crippen LogP contribution is 2.33. The first-order valence-electron chi connectivity index (χ1n) is 8.71. The molecule has 142 valence electrons. The number of aromatic nitrogens is 4. The Morgan fingerprint density at radius 3 is 2.75 bits per heavy atom. The molecule has 9 nitrogen and oxygen atoms in total. The van der Waals surface area contributed by atoms with E-state index in [1.807, 2.05) is 18.2 Å². The molecule has 9 heteroatoms. The Hall–Kier alpha value is -3.32. The summed E-state index contributed by atoms with van der Waals surface area (Å²) in [5.74, 6) is 0.774. The van der Waals surface area contributed by atoms with Gasteiger partial charge in [-0.05, 0) is 23.8 Å². The number of hydrogen-bond donors (Lipinski definition) is 3. The first-order chi connectivity index (χ1) is 13.6. The summed E-state index contributed by atoms with van der Waals surface area (Å²) < 4.78 is 7.53. The van der Waals surface area contributed by atoms with E-state index in [0.717, 1.165) is 5.56 Å². The summed E-state index contributed by atoms with van der Waals surface area (Å²) in [6, 6.07) is 9.20. The molecule has 1 fully saturated rings. The molecule has 0 amide bonds. The molecule has 0 aliphatic carbocycles. The second-order valence-electron chi connectivity index (χ2n) is 6.45. The Morgan fingerprint density at radius 1 is 1.29 bits per heavy atom. The molecular weight excluding hydrogens is 360 g/mol. The Bertz CT molecular complexity index is 1070. The number of ether oxygens (including phenoxy) is 1. The van der Waals surface area contributed by atoms with Gasteiger partial charge in [-0.15, -0.1) is 0 Å². The topological polar surface area (TPSA) is 143 Å². The first kappa shape index (κ1) is 18.1. The van der Waals surface area contributed by atoms with E-state index in [-0.39, 0.29) is 18.8 Å². The molecule has 1 saturated heterocycles. The normalized spacial score (nSPS) is 22.1. The number of nitriles is 1. The molecule has 1 aromatic carbocycles. The maximum absolute atomic E-state index is 10.1. The van der Waals surface area contributed by atoms with Gasteiger partial charge in [-0.1, -0.05) is 18.2 Å². The Kier molecular flexibility index (Phi) is 4.75. The fourth-order valence-corrected chi connectivity index (χ4v) is 3.22. The summed E-state index contributed by atoms with van der Waals surface area (Å²) in [7, 11) is 0. The number of anilines is 1. The van der Waals surface area contributed by atoms with E-state index >= 15 is 0 Å². The fraction of sp³-hybridized carbons (Fsp3) is 0.263. The summed E-state index contributed by atoms with van der Waals surface area (Å²) in [6.07, 6.45) is 3.25. The van der Waals surface area contributed by atoms with Crippen molar-refractivity contribution in [2.24, 2.45) is 0 Å². The average molecular weight is 378 g/mol. The van der Waals surface area contributed by atoms with Crippen molar-refractivity contribution in [1.29, 1.82) is 5.26 Å². The summed E-state index contributed by atoms with van der Waals surface area (Å²) in [5.41, 5.74) is 8.34. The van der Waals surface area contributed by atoms with Crippen LogP contribution < -0.4 is 5.73 Å². The van der Waals surface area contributed by atoms with Crippen molar-refractivity contribution in [2.45, 2.75) is 24.9 Å². The van der Waals surface area contributed by atoms with Crippen LogP contribution in [0.5, 0.6) is 0 Å². The molecule has 4 N–H and O–H groups in total. The van der Waals surface area contributed by atoms with E-state index in [4.69, 9.17) is 15.7 Å². The number of benzene rings is 1. The van der Waals surface area contributed by atoms with E-state index < -0.39 is 18.4 Å². The van der Waals surface area contributed by atoms with Crippen molar-refractivity contribution in [1.82, 2.24) is 19.5 Å². The van der Waals surface area contributed by atoms with Gasteiger partial charge in [0.2, 0.25) is 0 Å². The Balaban J connectivity index is 1.76. The molecule has 4 rings (SSSR count). The van der Waals surface area contributed by atoms with Gasteiger partial charge in [0.15, 0.2) is 17.0 Å². The zero-order valence-corrected chi connectivity index (χ0v) is 14.8. The Labute approximate surface area is 160 Å². The molecule has 3 heterocycles. The number of nitrogens with two attached hydrogens (primary N) is 1. The number of fused-ring (bicyclic) bond motifs is 1. The molecule has 0 unspecified atom stereocenters. The predicted octanol–water partition coefficient (Wildman–Crippen LogP) is 1.09. The third-order valence-electron chi connectivity index (χ3n) is 4.67. The number of imidazole rings is 1. The van der Waals surface area contributed by atoms with E-state index in [2.05, 4.69) is 21.0 Å². The van der Waals surface area contributed by atoms with Crippen LogP contribution in [0.4, 0.5) is 5.82 Å². The van der Waals surface area contributed by atoms with Crippen LogP contribution in [0.1, 0.15) is 29.6 Å². The largest absolute Gasteiger partial charge is 0.394 e. The second-order valence-corrected chi connectivity index (χ2v) is 6.45. The molecule has 0 bridgehead atoms. The van der Waals surface area contributed by atoms with Crippen LogP contribution in [-0.2, 0) is 4.74 Å². The molecule has 0 radical (unpaired) electrons. The van der Waals surface area contributed by atoms with Gasteiger partial charge >= 0.3 is 0 Å². The first-order valence-corrected chi connectivity index (χ1v) is 8.71. The van der Waals surface area contributed by atoms with Gasteiger partial charge < -0.3 is 20.7 Å². The van der Waals surface area contributed by atoms with Crippen molar-refractivity contribution < 1.29 is 14.9 Å². The van der Waals surface area contributed by atoms with Gasteiger partial charge in [0.05, 0.1) is 24.3 Å². The summed E-state index contributed by atoms with van der Waals surface area (Å²) in [4.78, 5) is 12.8. The molecule has 0 spiro atoms. The van der Waals surface area contributed by atoms with Crippen molar-refractivity contribution in [2.75, 3.05) is 12.3 Å². The number of nitrogen functional groups attached to an aromatic ring is 1. The molecule has 28 heavy (non-hydrogen) atoms. The predicted molar refractivity (Wildman–Crippen MR) is 101 cm³/mol. The highest BCUT2D eigenvalue weighted by Gasteiger charge is 2.36. The van der Waals surface area contributed by atoms with E-state index in [1.54, 1.807) is 22.8 Å². The van der Waals surface area contributed by atoms with Crippen molar-refractivity contribution in [3.05, 3.63) is 47.5 Å². The molecule has 1 aliphatic rings. The van der Waals surface area contributed by atoms with E-state index in [1.165, 1.54) is 6.33 Å². The number of hydrogen-bond acceptors (Lipinski definition) is 8. The van der Waals surface area contributed by atoms with Crippen LogP contribution in [-0.4, -0.2) is 48.5 Å². The summed E-state index contributed by atoms with van der Waals surface area (Å²) in [6.45, 7) is -0.280. The molecule has 3 atom stereocenters. The van der Waals surface area contributed by atoms with Gasteiger partial charge in [0, 0.05) is 6.42 Å². The number of aliphatic hydroxyl groups is 2. The highest BCUT2D eigenvalue weighted by molar-refractivity contribution is 5.84. The van der Waals surface area contributed by atoms with Crippen LogP contribution in [0, 0.1) is 11.3 Å². The monoisotopic (exact) mass is 378 g/mol. The average Bonchev–Trinajstić information content (AvgIpc) is 3.27. The lowest BCUT2D eigenvalue weighted by Crippen LogP contribution is -2.24. The lowest BCUT2D eigenvalue weighted by Gasteiger charge is -2.15. The minimum atomic E-state index is -0.790. The number of aliphatic hydroxyl groups excluding tert-OH is 2. The SMILES string of the molecule is N#Cc1ccc(/C=C/c2nc3c(N)ncnc3n2[C@H]2C[C@H](O)[C@@H](CO)O2)cc1. The Morgan fingerprint density at radius 2 is 2.07 bits per heavy atom. The van der Waals surface area contributed by atoms with Crippen molar-refractivity contribution in [3.63, 3.8) is 0 Å². The lowest BCUT2D eigenvalue weighted by molar-refractivity contribution is -0.0434. The maximum atomic E-state index is 10.1. The molecular formula is C19H18N6O3. The van der Waals surface area contributed by atoms with Crippen LogP contribution in [0.2, 0.25) is 0 Å². The maximum Gasteiger partial charge on any atom is 0.168 e. The highest BCUT2D eigenvalue weighted by atomic mass is 16.5. The summed E-state index contributed by atoms with van der Waals surface area (Å²) >= 11 is 0. The van der Waals surface area contributed by atoms with Gasteiger partial charge in [-0.3, -0.25) is 4.57 Å². The molecule has 1 aliphatic heterocycles. The zero-order valence-electron chi connectivity index (χ0n) is 14.8. The summed E-state index contributed by atoms with van der Waals surface area (Å²) in [5, 5.41) is 28.4. The smallest absolute Gasteiger partial charge is 0.168 e. The van der Waals surface area contributed by atoms with Gasteiger partial charge in [-0.2, -0.15) is 5.26 Å². The van der Waals surface area contributed by atoms with Gasteiger partial charge in [0.1, 0.15) is 24.5 Å². The minimum Gasteiger partial charge on any atom is -0.394 e. The van der Waals surface area contributed by atoms with Gasteiger partial charge in [-0.25, -0.2) is 15.0 Å². The molecule has 0 saturated carbocycles. The van der Waals surface area contributed by atoms with Crippen molar-refractivity contribution in [3.8, 4) is 6.07 Å². The minimum absolute atomic E-state index is 0.244. The third kappa shape index (κ3) is 3.20. The fourth-order valence-electron chi connectivity index (χ4n) is 3.22. The molecule has 2 aromatic heterocycles.